The van der Waals surface area contributed by atoms with E-state index in [0.29, 0.717) is 16.4 Å². The maximum Gasteiger partial charge on any atom is 0.253 e. The Morgan fingerprint density at radius 1 is 1.43 bits per heavy atom. The molecule has 0 saturated heterocycles. The summed E-state index contributed by atoms with van der Waals surface area (Å²) in [6, 6.07) is 4.86. The van der Waals surface area contributed by atoms with Crippen molar-refractivity contribution in [3.05, 3.63) is 35.4 Å². The SMILES string of the molecule is Nc1ccc(Cl)c(-n2cc(F)nn2)c1. The summed E-state index contributed by atoms with van der Waals surface area (Å²) in [5, 5.41) is 7.18. The van der Waals surface area contributed by atoms with E-state index in [1.807, 2.05) is 0 Å². The third kappa shape index (κ3) is 1.54. The summed E-state index contributed by atoms with van der Waals surface area (Å²) in [5.74, 6) is -0.663. The average molecular weight is 213 g/mol. The first-order valence-corrected chi connectivity index (χ1v) is 4.18. The standard InChI is InChI=1S/C8H6ClFN4/c9-6-2-1-5(11)3-7(6)14-4-8(10)12-13-14/h1-4H,11H2. The van der Waals surface area contributed by atoms with Crippen LogP contribution in [0.3, 0.4) is 0 Å². The van der Waals surface area contributed by atoms with Crippen LogP contribution in [-0.2, 0) is 0 Å². The second-order valence-electron chi connectivity index (χ2n) is 2.70. The molecule has 1 heterocycles. The van der Waals surface area contributed by atoms with Gasteiger partial charge in [-0.1, -0.05) is 21.9 Å². The van der Waals surface area contributed by atoms with Gasteiger partial charge in [0.2, 0.25) is 0 Å². The maximum atomic E-state index is 12.6. The van der Waals surface area contributed by atoms with Crippen molar-refractivity contribution in [3.8, 4) is 5.69 Å². The molecule has 1 aromatic heterocycles. The minimum Gasteiger partial charge on any atom is -0.399 e. The van der Waals surface area contributed by atoms with Gasteiger partial charge in [0, 0.05) is 5.69 Å². The Balaban J connectivity index is 2.55. The second-order valence-corrected chi connectivity index (χ2v) is 3.10. The van der Waals surface area contributed by atoms with Gasteiger partial charge in [0.05, 0.1) is 16.9 Å². The Hall–Kier alpha value is -1.62. The molecule has 0 bridgehead atoms. The number of anilines is 1. The van der Waals surface area contributed by atoms with E-state index in [2.05, 4.69) is 10.3 Å². The van der Waals surface area contributed by atoms with Gasteiger partial charge in [0.1, 0.15) is 0 Å². The van der Waals surface area contributed by atoms with E-state index in [0.717, 1.165) is 6.20 Å². The van der Waals surface area contributed by atoms with Gasteiger partial charge < -0.3 is 5.73 Å². The van der Waals surface area contributed by atoms with Crippen LogP contribution in [-0.4, -0.2) is 15.0 Å². The molecule has 0 aliphatic rings. The van der Waals surface area contributed by atoms with Crippen LogP contribution >= 0.6 is 11.6 Å². The summed E-state index contributed by atoms with van der Waals surface area (Å²) in [6.45, 7) is 0. The van der Waals surface area contributed by atoms with Crippen molar-refractivity contribution in [1.82, 2.24) is 15.0 Å². The van der Waals surface area contributed by atoms with Crippen LogP contribution < -0.4 is 5.73 Å². The summed E-state index contributed by atoms with van der Waals surface area (Å²) in [4.78, 5) is 0. The lowest BCUT2D eigenvalue weighted by Crippen LogP contribution is -1.97. The van der Waals surface area contributed by atoms with Gasteiger partial charge in [0.15, 0.2) is 0 Å². The van der Waals surface area contributed by atoms with E-state index >= 15 is 0 Å². The number of nitrogens with zero attached hydrogens (tertiary/aromatic N) is 3. The Labute approximate surface area is 84.1 Å². The Bertz CT molecular complexity index is 468. The molecule has 0 fully saturated rings. The van der Waals surface area contributed by atoms with Crippen molar-refractivity contribution < 1.29 is 4.39 Å². The van der Waals surface area contributed by atoms with Crippen LogP contribution in [0.4, 0.5) is 10.1 Å². The highest BCUT2D eigenvalue weighted by molar-refractivity contribution is 6.32. The van der Waals surface area contributed by atoms with Crippen molar-refractivity contribution >= 4 is 17.3 Å². The van der Waals surface area contributed by atoms with E-state index in [1.54, 1.807) is 18.2 Å². The van der Waals surface area contributed by atoms with Gasteiger partial charge in [0.25, 0.3) is 5.95 Å². The summed E-state index contributed by atoms with van der Waals surface area (Å²) in [7, 11) is 0. The molecule has 2 N–H and O–H groups in total. The van der Waals surface area contributed by atoms with E-state index in [-0.39, 0.29) is 0 Å². The Kier molecular flexibility index (Phi) is 2.09. The van der Waals surface area contributed by atoms with E-state index in [4.69, 9.17) is 17.3 Å². The smallest absolute Gasteiger partial charge is 0.253 e. The van der Waals surface area contributed by atoms with Gasteiger partial charge >= 0.3 is 0 Å². The zero-order valence-corrected chi connectivity index (χ0v) is 7.74. The Morgan fingerprint density at radius 2 is 2.21 bits per heavy atom. The highest BCUT2D eigenvalue weighted by atomic mass is 35.5. The maximum absolute atomic E-state index is 12.6. The average Bonchev–Trinajstić information content (AvgIpc) is 2.56. The summed E-state index contributed by atoms with van der Waals surface area (Å²) < 4.78 is 13.8. The first-order chi connectivity index (χ1) is 6.66. The summed E-state index contributed by atoms with van der Waals surface area (Å²) in [5.41, 5.74) is 6.59. The number of halogens is 2. The van der Waals surface area contributed by atoms with Gasteiger partial charge in [-0.05, 0) is 18.2 Å². The molecular formula is C8H6ClFN4. The summed E-state index contributed by atoms with van der Waals surface area (Å²) in [6.07, 6.45) is 1.13. The lowest BCUT2D eigenvalue weighted by atomic mass is 10.3. The van der Waals surface area contributed by atoms with E-state index < -0.39 is 5.95 Å². The number of hydrogen-bond donors (Lipinski definition) is 1. The molecule has 2 rings (SSSR count). The van der Waals surface area contributed by atoms with Crippen molar-refractivity contribution in [1.29, 1.82) is 0 Å². The van der Waals surface area contributed by atoms with Gasteiger partial charge in [-0.15, -0.1) is 0 Å². The lowest BCUT2D eigenvalue weighted by molar-refractivity contribution is 0.579. The first kappa shape index (κ1) is 8.96. The Morgan fingerprint density at radius 3 is 2.86 bits per heavy atom. The monoisotopic (exact) mass is 212 g/mol. The molecule has 0 aliphatic heterocycles. The van der Waals surface area contributed by atoms with Gasteiger partial charge in [-0.25, -0.2) is 4.68 Å². The molecule has 0 unspecified atom stereocenters. The van der Waals surface area contributed by atoms with Crippen molar-refractivity contribution in [2.75, 3.05) is 5.73 Å². The van der Waals surface area contributed by atoms with Gasteiger partial charge in [-0.2, -0.15) is 4.39 Å². The topological polar surface area (TPSA) is 56.7 Å². The zero-order chi connectivity index (χ0) is 10.1. The fourth-order valence-electron chi connectivity index (χ4n) is 1.07. The molecule has 6 heteroatoms. The third-order valence-electron chi connectivity index (χ3n) is 1.68. The van der Waals surface area contributed by atoms with Crippen LogP contribution in [0, 0.1) is 5.95 Å². The molecular weight excluding hydrogens is 207 g/mol. The summed E-state index contributed by atoms with van der Waals surface area (Å²) >= 11 is 5.87. The molecule has 1 aromatic carbocycles. The minimum atomic E-state index is -0.663. The number of nitrogens with two attached hydrogens (primary N) is 1. The predicted octanol–water partition coefficient (Wildman–Crippen LogP) is 1.64. The highest BCUT2D eigenvalue weighted by Crippen LogP contribution is 2.21. The van der Waals surface area contributed by atoms with Gasteiger partial charge in [-0.3, -0.25) is 0 Å². The normalized spacial score (nSPS) is 10.4. The van der Waals surface area contributed by atoms with E-state index in [1.165, 1.54) is 4.68 Å². The third-order valence-corrected chi connectivity index (χ3v) is 2.00. The molecule has 0 atom stereocenters. The largest absolute Gasteiger partial charge is 0.399 e. The van der Waals surface area contributed by atoms with E-state index in [9.17, 15) is 4.39 Å². The van der Waals surface area contributed by atoms with Crippen LogP contribution in [0.25, 0.3) is 5.69 Å². The molecule has 72 valence electrons. The highest BCUT2D eigenvalue weighted by Gasteiger charge is 2.06. The number of rotatable bonds is 1. The fraction of sp³-hybridized carbons (Fsp3) is 0. The number of benzene rings is 1. The molecule has 0 radical (unpaired) electrons. The molecule has 4 nitrogen and oxygen atoms in total. The molecule has 0 amide bonds. The first-order valence-electron chi connectivity index (χ1n) is 3.80. The van der Waals surface area contributed by atoms with Crippen LogP contribution in [0.1, 0.15) is 0 Å². The number of aromatic nitrogens is 3. The number of nitrogen functional groups attached to an aromatic ring is 1. The quantitative estimate of drug-likeness (QED) is 0.732. The second kappa shape index (κ2) is 3.26. The minimum absolute atomic E-state index is 0.434. The molecule has 2 aromatic rings. The predicted molar refractivity (Wildman–Crippen MR) is 50.7 cm³/mol. The van der Waals surface area contributed by atoms with Crippen LogP contribution in [0.5, 0.6) is 0 Å². The van der Waals surface area contributed by atoms with Crippen molar-refractivity contribution in [2.24, 2.45) is 0 Å². The molecule has 0 saturated carbocycles. The molecule has 14 heavy (non-hydrogen) atoms. The molecule has 0 aliphatic carbocycles. The number of hydrogen-bond acceptors (Lipinski definition) is 3. The van der Waals surface area contributed by atoms with Crippen LogP contribution in [0.2, 0.25) is 5.02 Å². The van der Waals surface area contributed by atoms with Crippen molar-refractivity contribution in [2.45, 2.75) is 0 Å². The fourth-order valence-corrected chi connectivity index (χ4v) is 1.27. The lowest BCUT2D eigenvalue weighted by Gasteiger charge is -2.03. The zero-order valence-electron chi connectivity index (χ0n) is 6.98. The molecule has 0 spiro atoms. The van der Waals surface area contributed by atoms with Crippen molar-refractivity contribution in [3.63, 3.8) is 0 Å². The van der Waals surface area contributed by atoms with Crippen LogP contribution in [0.15, 0.2) is 24.4 Å².